The first-order valence-electron chi connectivity index (χ1n) is 18.9. The number of aryl methyl sites for hydroxylation is 2. The molecule has 0 bridgehead atoms. The van der Waals surface area contributed by atoms with Gasteiger partial charge in [-0.15, -0.1) is 0 Å². The maximum atomic E-state index is 14.6. The second-order valence-corrected chi connectivity index (χ2v) is 15.7. The fourth-order valence-corrected chi connectivity index (χ4v) is 8.52. The van der Waals surface area contributed by atoms with Gasteiger partial charge >= 0.3 is 0 Å². The minimum atomic E-state index is -0.984. The molecule has 16 heteroatoms. The van der Waals surface area contributed by atoms with Crippen molar-refractivity contribution < 1.29 is 23.7 Å². The molecule has 6 rings (SSSR count). The van der Waals surface area contributed by atoms with Gasteiger partial charge in [0, 0.05) is 66.7 Å². The molecule has 1 aliphatic rings. The summed E-state index contributed by atoms with van der Waals surface area (Å²) in [6, 6.07) is 12.4. The Morgan fingerprint density at radius 1 is 1.02 bits per heavy atom. The number of H-pyrrole nitrogens is 1. The second kappa shape index (κ2) is 18.8. The van der Waals surface area contributed by atoms with Gasteiger partial charge in [0.25, 0.3) is 0 Å². The number of nitrogens with two attached hydrogens (primary N) is 2. The summed E-state index contributed by atoms with van der Waals surface area (Å²) in [5.41, 5.74) is 16.8. The Labute approximate surface area is 340 Å². The van der Waals surface area contributed by atoms with Crippen molar-refractivity contribution in [2.24, 2.45) is 11.5 Å². The Morgan fingerprint density at radius 2 is 1.82 bits per heavy atom. The smallest absolute Gasteiger partial charge is 0.245 e. The van der Waals surface area contributed by atoms with Crippen molar-refractivity contribution in [1.82, 2.24) is 36.0 Å². The predicted octanol–water partition coefficient (Wildman–Crippen LogP) is 4.68. The summed E-state index contributed by atoms with van der Waals surface area (Å²) >= 11 is 8.44. The van der Waals surface area contributed by atoms with E-state index >= 15 is 0 Å². The van der Waals surface area contributed by atoms with Crippen LogP contribution in [-0.4, -0.2) is 75.4 Å². The summed E-state index contributed by atoms with van der Waals surface area (Å²) in [6.45, 7) is 4.36. The van der Waals surface area contributed by atoms with E-state index in [9.17, 15) is 19.2 Å². The van der Waals surface area contributed by atoms with Crippen LogP contribution in [0.15, 0.2) is 75.4 Å². The Kier molecular flexibility index (Phi) is 13.7. The van der Waals surface area contributed by atoms with Crippen LogP contribution >= 0.6 is 23.4 Å². The average molecular weight is 814 g/mol. The number of para-hydroxylation sites is 1. The van der Waals surface area contributed by atoms with Crippen LogP contribution < -0.4 is 27.4 Å². The largest absolute Gasteiger partial charge is 0.370 e. The highest BCUT2D eigenvalue weighted by atomic mass is 35.5. The van der Waals surface area contributed by atoms with E-state index in [2.05, 4.69) is 31.1 Å². The van der Waals surface area contributed by atoms with Crippen LogP contribution in [0.2, 0.25) is 5.02 Å². The van der Waals surface area contributed by atoms with E-state index in [-0.39, 0.29) is 38.8 Å². The van der Waals surface area contributed by atoms with Crippen molar-refractivity contribution >= 4 is 57.9 Å². The molecule has 0 saturated heterocycles. The third-order valence-corrected chi connectivity index (χ3v) is 11.9. The number of hydrogen-bond donors (Lipinski definition) is 6. The number of fused-ring (bicyclic) bond motifs is 3. The van der Waals surface area contributed by atoms with Gasteiger partial charge in [-0.3, -0.25) is 19.2 Å². The van der Waals surface area contributed by atoms with Crippen LogP contribution in [-0.2, 0) is 38.7 Å². The lowest BCUT2D eigenvalue weighted by molar-refractivity contribution is -0.142. The Bertz CT molecular complexity index is 2240. The molecular formula is C41H48ClN9O5S. The number of aromatic amines is 1. The molecule has 8 N–H and O–H groups in total. The molecule has 1 aliphatic heterocycles. The summed E-state index contributed by atoms with van der Waals surface area (Å²) in [4.78, 5) is 65.1. The molecule has 0 saturated carbocycles. The molecule has 300 valence electrons. The van der Waals surface area contributed by atoms with E-state index in [1.807, 2.05) is 62.5 Å². The Balaban J connectivity index is 1.46. The lowest BCUT2D eigenvalue weighted by atomic mass is 10.00. The van der Waals surface area contributed by atoms with Crippen LogP contribution in [0.1, 0.15) is 60.2 Å². The number of benzene rings is 2. The number of amides is 4. The molecule has 3 aromatic heterocycles. The highest BCUT2D eigenvalue weighted by Crippen LogP contribution is 2.41. The number of carbonyl (C=O) groups excluding carboxylic acids is 4. The van der Waals surface area contributed by atoms with Crippen LogP contribution in [0, 0.1) is 13.8 Å². The number of nitrogens with one attached hydrogen (secondary N) is 4. The first-order chi connectivity index (χ1) is 27.4. The maximum Gasteiger partial charge on any atom is 0.245 e. The van der Waals surface area contributed by atoms with E-state index in [0.717, 1.165) is 33.2 Å². The minimum Gasteiger partial charge on any atom is -0.370 e. The first kappa shape index (κ1) is 41.4. The van der Waals surface area contributed by atoms with Gasteiger partial charge in [0.15, 0.2) is 0 Å². The van der Waals surface area contributed by atoms with Crippen molar-refractivity contribution in [2.45, 2.75) is 93.5 Å². The number of unbranched alkanes of at least 4 members (excludes halogenated alkanes) is 1. The molecule has 5 aromatic rings. The summed E-state index contributed by atoms with van der Waals surface area (Å²) < 4.78 is 5.48. The Morgan fingerprint density at radius 3 is 2.58 bits per heavy atom. The molecule has 0 spiro atoms. The monoisotopic (exact) mass is 813 g/mol. The highest BCUT2D eigenvalue weighted by Gasteiger charge is 2.34. The van der Waals surface area contributed by atoms with Gasteiger partial charge in [-0.2, -0.15) is 0 Å². The Hall–Kier alpha value is -5.22. The number of primary amides is 1. The molecule has 3 atom stereocenters. The molecule has 0 fully saturated rings. The van der Waals surface area contributed by atoms with E-state index in [0.29, 0.717) is 51.3 Å². The van der Waals surface area contributed by atoms with Gasteiger partial charge in [-0.05, 0) is 92.6 Å². The number of hydrogen-bond acceptors (Lipinski definition) is 10. The summed E-state index contributed by atoms with van der Waals surface area (Å²) in [6.07, 6.45) is 5.20. The van der Waals surface area contributed by atoms with E-state index in [4.69, 9.17) is 27.6 Å². The van der Waals surface area contributed by atoms with Crippen LogP contribution in [0.5, 0.6) is 0 Å². The third kappa shape index (κ3) is 9.85. The summed E-state index contributed by atoms with van der Waals surface area (Å²) in [7, 11) is 1.58. The number of rotatable bonds is 10. The molecule has 0 aliphatic carbocycles. The lowest BCUT2D eigenvalue weighted by Crippen LogP contribution is -2.57. The molecule has 14 nitrogen and oxygen atoms in total. The zero-order valence-corrected chi connectivity index (χ0v) is 33.8. The van der Waals surface area contributed by atoms with Gasteiger partial charge < -0.3 is 41.8 Å². The first-order valence-corrected chi connectivity index (χ1v) is 20.1. The maximum absolute atomic E-state index is 14.6. The molecule has 2 aromatic carbocycles. The number of nitrogens with zero attached hydrogens (tertiary/aromatic N) is 3. The molecule has 0 unspecified atom stereocenters. The fourth-order valence-electron chi connectivity index (χ4n) is 7.16. The van der Waals surface area contributed by atoms with Crippen LogP contribution in [0.3, 0.4) is 0 Å². The predicted molar refractivity (Wildman–Crippen MR) is 219 cm³/mol. The van der Waals surface area contributed by atoms with Gasteiger partial charge in [0.05, 0.1) is 16.8 Å². The fraction of sp³-hybridized carbons (Fsp3) is 0.366. The zero-order chi connectivity index (χ0) is 40.6. The molecule has 4 amide bonds. The van der Waals surface area contributed by atoms with Crippen molar-refractivity contribution in [3.8, 4) is 11.1 Å². The van der Waals surface area contributed by atoms with Gasteiger partial charge in [-0.1, -0.05) is 52.8 Å². The molecule has 4 heterocycles. The van der Waals surface area contributed by atoms with Crippen LogP contribution in [0.4, 0.5) is 0 Å². The van der Waals surface area contributed by atoms with Crippen molar-refractivity contribution in [3.05, 3.63) is 94.1 Å². The van der Waals surface area contributed by atoms with E-state index in [1.165, 1.54) is 16.7 Å². The third-order valence-electron chi connectivity index (χ3n) is 10.2. The van der Waals surface area contributed by atoms with Crippen molar-refractivity contribution in [2.75, 3.05) is 13.6 Å². The SMILES string of the molecule is Cc1noc(C)c1-c1cc(Cl)c2c(c1)CNC(=O)[C@H](Cc1c[nH]c3ccccc13)N(C)C(=O)[C@H](CCCCN)NC(=O)[C@H](CCC(N)=O)NCc1cccnc1S2. The summed E-state index contributed by atoms with van der Waals surface area (Å²) in [5.74, 6) is -1.25. The molecule has 57 heavy (non-hydrogen) atoms. The average Bonchev–Trinajstić information content (AvgIpc) is 3.77. The van der Waals surface area contributed by atoms with Gasteiger partial charge in [0.1, 0.15) is 22.9 Å². The number of carbonyl (C=O) groups is 4. The standard InChI is InChI=1S/C41H48ClN9O5S/c1-23-36(24(2)56-50-23)26-17-28-22-48-39(54)34(19-27-21-46-31-11-5-4-10-29(27)31)51(3)41(55)33(12-6-7-15-43)49-38(53)32(13-14-35(44)52)47-20-25-9-8-16-45-40(25)57-37(28)30(42)18-26/h4-5,8-11,16-18,21,32-34,46-47H,6-7,12-15,19-20,22,43H2,1-3H3,(H2,44,52)(H,48,54)(H,49,53)/t32-,33-,34-/m0/s1. The minimum absolute atomic E-state index is 0.0608. The second-order valence-electron chi connectivity index (χ2n) is 14.2. The van der Waals surface area contributed by atoms with Crippen molar-refractivity contribution in [3.63, 3.8) is 0 Å². The quantitative estimate of drug-likeness (QED) is 0.107. The van der Waals surface area contributed by atoms with Gasteiger partial charge in [-0.25, -0.2) is 4.98 Å². The molecule has 0 radical (unpaired) electrons. The number of halogens is 1. The number of likely N-dealkylation sites (N-methyl/N-ethyl adjacent to an activating group) is 1. The zero-order valence-electron chi connectivity index (χ0n) is 32.2. The highest BCUT2D eigenvalue weighted by molar-refractivity contribution is 7.99. The normalized spacial score (nSPS) is 18.4. The van der Waals surface area contributed by atoms with Crippen molar-refractivity contribution in [1.29, 1.82) is 0 Å². The summed E-state index contributed by atoms with van der Waals surface area (Å²) in [5, 5.41) is 15.5. The topological polar surface area (TPSA) is 214 Å². The lowest BCUT2D eigenvalue weighted by Gasteiger charge is -2.32. The van der Waals surface area contributed by atoms with Crippen LogP contribution in [0.25, 0.3) is 22.0 Å². The van der Waals surface area contributed by atoms with E-state index < -0.39 is 41.8 Å². The van der Waals surface area contributed by atoms with E-state index in [1.54, 1.807) is 19.3 Å². The van der Waals surface area contributed by atoms with Gasteiger partial charge in [0.2, 0.25) is 23.6 Å². The molecular weight excluding hydrogens is 766 g/mol. The number of aromatic nitrogens is 3. The number of pyridine rings is 1.